The molecule has 1 heterocycles. The zero-order valence-electron chi connectivity index (χ0n) is 10.6. The predicted octanol–water partition coefficient (Wildman–Crippen LogP) is 3.59. The molecule has 0 aliphatic carbocycles. The van der Waals surface area contributed by atoms with Crippen molar-refractivity contribution in [2.45, 2.75) is 13.8 Å². The van der Waals surface area contributed by atoms with Crippen molar-refractivity contribution >= 4 is 11.9 Å². The minimum Gasteiger partial charge on any atom is -0.289 e. The van der Waals surface area contributed by atoms with E-state index in [-0.39, 0.29) is 5.78 Å². The largest absolute Gasteiger partial charge is 0.289 e. The molecular formula is C16H15NO. The molecule has 1 aromatic carbocycles. The number of hydrogen-bond donors (Lipinski definition) is 0. The van der Waals surface area contributed by atoms with Crippen molar-refractivity contribution < 1.29 is 4.79 Å². The first-order valence-electron chi connectivity index (χ1n) is 5.86. The van der Waals surface area contributed by atoms with Crippen LogP contribution in [0.15, 0.2) is 48.8 Å². The monoisotopic (exact) mass is 237 g/mol. The standard InChI is InChI=1S/C16H15NO/c1-12-3-4-13(2)15(11-12)16(18)6-5-14-7-9-17-10-8-14/h3-11H,1-2H3/b6-5+. The van der Waals surface area contributed by atoms with E-state index in [1.165, 1.54) is 0 Å². The molecule has 90 valence electrons. The summed E-state index contributed by atoms with van der Waals surface area (Å²) in [7, 11) is 0. The molecule has 2 aromatic rings. The van der Waals surface area contributed by atoms with Crippen LogP contribution < -0.4 is 0 Å². The number of aromatic nitrogens is 1. The molecule has 0 spiro atoms. The van der Waals surface area contributed by atoms with Gasteiger partial charge in [-0.3, -0.25) is 9.78 Å². The molecule has 0 fully saturated rings. The van der Waals surface area contributed by atoms with E-state index >= 15 is 0 Å². The van der Waals surface area contributed by atoms with E-state index in [1.807, 2.05) is 50.3 Å². The maximum absolute atomic E-state index is 12.1. The number of carbonyl (C=O) groups excluding carboxylic acids is 1. The summed E-state index contributed by atoms with van der Waals surface area (Å²) >= 11 is 0. The van der Waals surface area contributed by atoms with Gasteiger partial charge in [-0.05, 0) is 49.2 Å². The van der Waals surface area contributed by atoms with Crippen LogP contribution in [0.3, 0.4) is 0 Å². The smallest absolute Gasteiger partial charge is 0.186 e. The summed E-state index contributed by atoms with van der Waals surface area (Å²) in [5.41, 5.74) is 3.84. The Hall–Kier alpha value is -2.22. The van der Waals surface area contributed by atoms with Crippen molar-refractivity contribution in [2.24, 2.45) is 0 Å². The lowest BCUT2D eigenvalue weighted by atomic mass is 10.0. The maximum atomic E-state index is 12.1. The number of aryl methyl sites for hydroxylation is 2. The number of pyridine rings is 1. The predicted molar refractivity (Wildman–Crippen MR) is 73.5 cm³/mol. The normalized spacial score (nSPS) is 10.8. The molecule has 18 heavy (non-hydrogen) atoms. The molecule has 0 unspecified atom stereocenters. The Morgan fingerprint density at radius 3 is 2.56 bits per heavy atom. The van der Waals surface area contributed by atoms with Gasteiger partial charge < -0.3 is 0 Å². The van der Waals surface area contributed by atoms with E-state index in [0.29, 0.717) is 0 Å². The van der Waals surface area contributed by atoms with Crippen LogP contribution >= 0.6 is 0 Å². The third-order valence-corrected chi connectivity index (χ3v) is 2.79. The zero-order chi connectivity index (χ0) is 13.0. The highest BCUT2D eigenvalue weighted by atomic mass is 16.1. The number of carbonyl (C=O) groups is 1. The van der Waals surface area contributed by atoms with Gasteiger partial charge in [0.05, 0.1) is 0 Å². The number of allylic oxidation sites excluding steroid dienone is 1. The fraction of sp³-hybridized carbons (Fsp3) is 0.125. The molecule has 2 heteroatoms. The van der Waals surface area contributed by atoms with Crippen LogP contribution in [0.4, 0.5) is 0 Å². The molecule has 0 saturated heterocycles. The minimum absolute atomic E-state index is 0.0352. The van der Waals surface area contributed by atoms with Gasteiger partial charge in [0.15, 0.2) is 5.78 Å². The quantitative estimate of drug-likeness (QED) is 0.603. The molecule has 0 N–H and O–H groups in total. The topological polar surface area (TPSA) is 30.0 Å². The number of hydrogen-bond acceptors (Lipinski definition) is 2. The third-order valence-electron chi connectivity index (χ3n) is 2.79. The molecule has 2 rings (SSSR count). The van der Waals surface area contributed by atoms with Gasteiger partial charge in [-0.1, -0.05) is 23.8 Å². The van der Waals surface area contributed by atoms with Gasteiger partial charge in [0, 0.05) is 18.0 Å². The second-order valence-corrected chi connectivity index (χ2v) is 4.30. The molecule has 0 bridgehead atoms. The van der Waals surface area contributed by atoms with Crippen LogP contribution in [0, 0.1) is 13.8 Å². The lowest BCUT2D eigenvalue weighted by Gasteiger charge is -2.03. The zero-order valence-corrected chi connectivity index (χ0v) is 10.6. The summed E-state index contributed by atoms with van der Waals surface area (Å²) in [6, 6.07) is 9.65. The summed E-state index contributed by atoms with van der Waals surface area (Å²) in [6.45, 7) is 3.94. The molecule has 0 saturated carbocycles. The Morgan fingerprint density at radius 2 is 1.83 bits per heavy atom. The van der Waals surface area contributed by atoms with Gasteiger partial charge >= 0.3 is 0 Å². The third kappa shape index (κ3) is 2.92. The van der Waals surface area contributed by atoms with Crippen molar-refractivity contribution in [3.63, 3.8) is 0 Å². The Balaban J connectivity index is 2.22. The van der Waals surface area contributed by atoms with Crippen molar-refractivity contribution in [1.29, 1.82) is 0 Å². The molecule has 0 aliphatic heterocycles. The minimum atomic E-state index is 0.0352. The van der Waals surface area contributed by atoms with Gasteiger partial charge in [0.1, 0.15) is 0 Å². The SMILES string of the molecule is Cc1ccc(C)c(C(=O)/C=C/c2ccncc2)c1. The molecule has 0 aliphatic rings. The first-order chi connectivity index (χ1) is 8.66. The molecule has 0 atom stereocenters. The first-order valence-corrected chi connectivity index (χ1v) is 5.86. The average molecular weight is 237 g/mol. The van der Waals surface area contributed by atoms with Crippen molar-refractivity contribution in [2.75, 3.05) is 0 Å². The average Bonchev–Trinajstić information content (AvgIpc) is 2.40. The highest BCUT2D eigenvalue weighted by Gasteiger charge is 2.05. The van der Waals surface area contributed by atoms with E-state index in [4.69, 9.17) is 0 Å². The Bertz CT molecular complexity index is 585. The summed E-state index contributed by atoms with van der Waals surface area (Å²) in [4.78, 5) is 16.0. The van der Waals surface area contributed by atoms with Gasteiger partial charge in [0.2, 0.25) is 0 Å². The number of ketones is 1. The lowest BCUT2D eigenvalue weighted by molar-refractivity contribution is 0.104. The highest BCUT2D eigenvalue weighted by molar-refractivity contribution is 6.07. The fourth-order valence-corrected chi connectivity index (χ4v) is 1.74. The molecule has 2 nitrogen and oxygen atoms in total. The van der Waals surface area contributed by atoms with Crippen LogP contribution in [0.5, 0.6) is 0 Å². The maximum Gasteiger partial charge on any atom is 0.186 e. The van der Waals surface area contributed by atoms with Crippen molar-refractivity contribution in [3.8, 4) is 0 Å². The van der Waals surface area contributed by atoms with E-state index in [2.05, 4.69) is 4.98 Å². The van der Waals surface area contributed by atoms with E-state index in [9.17, 15) is 4.79 Å². The van der Waals surface area contributed by atoms with Gasteiger partial charge in [-0.15, -0.1) is 0 Å². The van der Waals surface area contributed by atoms with Crippen LogP contribution in [-0.2, 0) is 0 Å². The van der Waals surface area contributed by atoms with E-state index in [0.717, 1.165) is 22.3 Å². The summed E-state index contributed by atoms with van der Waals surface area (Å²) in [5.74, 6) is 0.0352. The number of nitrogens with zero attached hydrogens (tertiary/aromatic N) is 1. The van der Waals surface area contributed by atoms with Crippen LogP contribution in [0.1, 0.15) is 27.0 Å². The summed E-state index contributed by atoms with van der Waals surface area (Å²) < 4.78 is 0. The summed E-state index contributed by atoms with van der Waals surface area (Å²) in [6.07, 6.45) is 6.84. The molecule has 0 radical (unpaired) electrons. The second kappa shape index (κ2) is 5.41. The van der Waals surface area contributed by atoms with E-state index in [1.54, 1.807) is 18.5 Å². The Kier molecular flexibility index (Phi) is 3.68. The molecule has 0 amide bonds. The Labute approximate surface area is 107 Å². The van der Waals surface area contributed by atoms with Crippen LogP contribution in [-0.4, -0.2) is 10.8 Å². The van der Waals surface area contributed by atoms with Crippen molar-refractivity contribution in [1.82, 2.24) is 4.98 Å². The van der Waals surface area contributed by atoms with Crippen LogP contribution in [0.25, 0.3) is 6.08 Å². The Morgan fingerprint density at radius 1 is 1.11 bits per heavy atom. The second-order valence-electron chi connectivity index (χ2n) is 4.30. The first kappa shape index (κ1) is 12.2. The summed E-state index contributed by atoms with van der Waals surface area (Å²) in [5, 5.41) is 0. The van der Waals surface area contributed by atoms with Gasteiger partial charge in [-0.25, -0.2) is 0 Å². The van der Waals surface area contributed by atoms with Gasteiger partial charge in [-0.2, -0.15) is 0 Å². The fourth-order valence-electron chi connectivity index (χ4n) is 1.74. The molecular weight excluding hydrogens is 222 g/mol. The van der Waals surface area contributed by atoms with Crippen molar-refractivity contribution in [3.05, 3.63) is 71.1 Å². The molecule has 1 aromatic heterocycles. The number of rotatable bonds is 3. The van der Waals surface area contributed by atoms with Crippen LogP contribution in [0.2, 0.25) is 0 Å². The lowest BCUT2D eigenvalue weighted by Crippen LogP contribution is -1.98. The van der Waals surface area contributed by atoms with Gasteiger partial charge in [0.25, 0.3) is 0 Å². The van der Waals surface area contributed by atoms with E-state index < -0.39 is 0 Å². The number of benzene rings is 1. The highest BCUT2D eigenvalue weighted by Crippen LogP contribution is 2.12.